The van der Waals surface area contributed by atoms with Gasteiger partial charge in [0.15, 0.2) is 5.96 Å². The molecule has 16 heavy (non-hydrogen) atoms. The van der Waals surface area contributed by atoms with Crippen LogP contribution >= 0.6 is 11.6 Å². The molecular formula is C8H8ClF2N5. The van der Waals surface area contributed by atoms with E-state index in [4.69, 9.17) is 28.8 Å². The second kappa shape index (κ2) is 4.75. The molecule has 0 saturated carbocycles. The lowest BCUT2D eigenvalue weighted by Gasteiger charge is -1.99. The van der Waals surface area contributed by atoms with Gasteiger partial charge in [0.1, 0.15) is 16.7 Å². The number of rotatable bonds is 1. The molecule has 1 rings (SSSR count). The van der Waals surface area contributed by atoms with Crippen LogP contribution in [0.5, 0.6) is 0 Å². The van der Waals surface area contributed by atoms with E-state index >= 15 is 0 Å². The van der Waals surface area contributed by atoms with Gasteiger partial charge < -0.3 is 17.2 Å². The zero-order chi connectivity index (χ0) is 12.3. The second-order valence-electron chi connectivity index (χ2n) is 2.73. The van der Waals surface area contributed by atoms with Crippen LogP contribution in [0.3, 0.4) is 0 Å². The van der Waals surface area contributed by atoms with Crippen molar-refractivity contribution in [3.05, 3.63) is 28.8 Å². The highest BCUT2D eigenvalue weighted by Gasteiger charge is 2.08. The average molecular weight is 248 g/mol. The maximum atomic E-state index is 13.0. The highest BCUT2D eigenvalue weighted by Crippen LogP contribution is 2.24. The Kier molecular flexibility index (Phi) is 3.62. The number of halogens is 3. The predicted octanol–water partition coefficient (Wildman–Crippen LogP) is 0.838. The molecule has 0 saturated heterocycles. The lowest BCUT2D eigenvalue weighted by molar-refractivity contribution is 0.585. The molecule has 1 aromatic rings. The molecule has 5 nitrogen and oxygen atoms in total. The van der Waals surface area contributed by atoms with Gasteiger partial charge in [0.2, 0.25) is 5.96 Å². The second-order valence-corrected chi connectivity index (χ2v) is 3.11. The Morgan fingerprint density at radius 2 is 1.62 bits per heavy atom. The van der Waals surface area contributed by atoms with Crippen LogP contribution in [0.2, 0.25) is 5.02 Å². The fraction of sp³-hybridized carbons (Fsp3) is 0. The van der Waals surface area contributed by atoms with E-state index in [2.05, 4.69) is 9.98 Å². The van der Waals surface area contributed by atoms with Crippen molar-refractivity contribution in [3.8, 4) is 0 Å². The van der Waals surface area contributed by atoms with E-state index in [-0.39, 0.29) is 17.6 Å². The molecule has 1 aromatic carbocycles. The number of guanidine groups is 2. The number of hydrogen-bond donors (Lipinski definition) is 3. The Morgan fingerprint density at radius 3 is 2.06 bits per heavy atom. The highest BCUT2D eigenvalue weighted by atomic mass is 35.5. The van der Waals surface area contributed by atoms with Gasteiger partial charge >= 0.3 is 0 Å². The first-order valence-corrected chi connectivity index (χ1v) is 4.36. The molecule has 86 valence electrons. The maximum Gasteiger partial charge on any atom is 0.223 e. The van der Waals surface area contributed by atoms with Crippen LogP contribution in [0.25, 0.3) is 0 Å². The summed E-state index contributed by atoms with van der Waals surface area (Å²) in [6.07, 6.45) is 0. The minimum atomic E-state index is -0.946. The van der Waals surface area contributed by atoms with Gasteiger partial charge in [-0.15, -0.1) is 0 Å². The number of benzene rings is 1. The van der Waals surface area contributed by atoms with Gasteiger partial charge in [0.25, 0.3) is 0 Å². The molecule has 0 bridgehead atoms. The minimum absolute atomic E-state index is 0.0816. The van der Waals surface area contributed by atoms with Gasteiger partial charge in [-0.1, -0.05) is 11.6 Å². The van der Waals surface area contributed by atoms with Crippen molar-refractivity contribution in [2.24, 2.45) is 27.2 Å². The van der Waals surface area contributed by atoms with Gasteiger partial charge in [0.05, 0.1) is 5.69 Å². The van der Waals surface area contributed by atoms with Crippen LogP contribution < -0.4 is 17.2 Å². The van der Waals surface area contributed by atoms with E-state index in [1.54, 1.807) is 0 Å². The fourth-order valence-electron chi connectivity index (χ4n) is 0.896. The molecule has 6 N–H and O–H groups in total. The molecule has 0 atom stereocenters. The summed E-state index contributed by atoms with van der Waals surface area (Å²) >= 11 is 5.27. The Bertz CT molecular complexity index is 444. The SMILES string of the molecule is NC(N)=NC(N)=Nc1cc(F)c(Cl)c(F)c1. The minimum Gasteiger partial charge on any atom is -0.370 e. The summed E-state index contributed by atoms with van der Waals surface area (Å²) in [6, 6.07) is 1.81. The van der Waals surface area contributed by atoms with Crippen LogP contribution in [0, 0.1) is 11.6 Å². The summed E-state index contributed by atoms with van der Waals surface area (Å²) < 4.78 is 26.0. The Labute approximate surface area is 94.6 Å². The Morgan fingerprint density at radius 1 is 1.12 bits per heavy atom. The molecule has 0 radical (unpaired) electrons. The lowest BCUT2D eigenvalue weighted by atomic mass is 10.3. The third-order valence-electron chi connectivity index (χ3n) is 1.46. The molecule has 0 unspecified atom stereocenters. The topological polar surface area (TPSA) is 103 Å². The molecule has 0 amide bonds. The molecule has 0 aliphatic heterocycles. The van der Waals surface area contributed by atoms with Crippen LogP contribution in [0.1, 0.15) is 0 Å². The van der Waals surface area contributed by atoms with E-state index in [1.165, 1.54) is 0 Å². The van der Waals surface area contributed by atoms with Crippen LogP contribution in [-0.4, -0.2) is 11.9 Å². The number of hydrogen-bond acceptors (Lipinski definition) is 1. The molecule has 0 aliphatic rings. The fourth-order valence-corrected chi connectivity index (χ4v) is 1.01. The highest BCUT2D eigenvalue weighted by molar-refractivity contribution is 6.30. The smallest absolute Gasteiger partial charge is 0.223 e. The van der Waals surface area contributed by atoms with Crippen LogP contribution in [0.4, 0.5) is 14.5 Å². The van der Waals surface area contributed by atoms with Gasteiger partial charge in [-0.05, 0) is 0 Å². The summed E-state index contributed by atoms with van der Waals surface area (Å²) in [6.45, 7) is 0. The quantitative estimate of drug-likeness (QED) is 0.389. The maximum absolute atomic E-state index is 13.0. The van der Waals surface area contributed by atoms with Crippen LogP contribution in [-0.2, 0) is 0 Å². The van der Waals surface area contributed by atoms with Crippen molar-refractivity contribution in [1.29, 1.82) is 0 Å². The van der Waals surface area contributed by atoms with E-state index in [0.717, 1.165) is 12.1 Å². The predicted molar refractivity (Wildman–Crippen MR) is 58.5 cm³/mol. The largest absolute Gasteiger partial charge is 0.370 e. The van der Waals surface area contributed by atoms with Crippen molar-refractivity contribution in [3.63, 3.8) is 0 Å². The van der Waals surface area contributed by atoms with Gasteiger partial charge in [0, 0.05) is 12.1 Å². The van der Waals surface area contributed by atoms with E-state index in [9.17, 15) is 8.78 Å². The van der Waals surface area contributed by atoms with Crippen molar-refractivity contribution >= 4 is 29.2 Å². The van der Waals surface area contributed by atoms with Crippen molar-refractivity contribution in [2.75, 3.05) is 0 Å². The number of aliphatic imine (C=N–C) groups is 2. The molecule has 0 aliphatic carbocycles. The van der Waals surface area contributed by atoms with Gasteiger partial charge in [-0.25, -0.2) is 13.8 Å². The molecule has 0 aromatic heterocycles. The van der Waals surface area contributed by atoms with Gasteiger partial charge in [-0.3, -0.25) is 0 Å². The van der Waals surface area contributed by atoms with Crippen molar-refractivity contribution in [1.82, 2.24) is 0 Å². The molecule has 0 spiro atoms. The standard InChI is InChI=1S/C8H8ClF2N5/c9-6-4(10)1-3(2-5(6)11)15-8(14)16-7(12)13/h1-2H,(H6,12,13,14,15,16). The summed E-state index contributed by atoms with van der Waals surface area (Å²) in [7, 11) is 0. The van der Waals surface area contributed by atoms with Crippen LogP contribution in [0.15, 0.2) is 22.1 Å². The number of nitrogens with two attached hydrogens (primary N) is 3. The monoisotopic (exact) mass is 247 g/mol. The van der Waals surface area contributed by atoms with Crippen molar-refractivity contribution < 1.29 is 8.78 Å². The Balaban J connectivity index is 3.12. The summed E-state index contributed by atoms with van der Waals surface area (Å²) in [4.78, 5) is 6.95. The third-order valence-corrected chi connectivity index (χ3v) is 1.82. The van der Waals surface area contributed by atoms with E-state index in [0.29, 0.717) is 0 Å². The average Bonchev–Trinajstić information content (AvgIpc) is 2.12. The third kappa shape index (κ3) is 3.06. The summed E-state index contributed by atoms with van der Waals surface area (Å²) in [5.74, 6) is -2.52. The Hall–Kier alpha value is -1.89. The van der Waals surface area contributed by atoms with E-state index < -0.39 is 16.7 Å². The number of nitrogens with zero attached hydrogens (tertiary/aromatic N) is 2. The van der Waals surface area contributed by atoms with E-state index in [1.807, 2.05) is 0 Å². The zero-order valence-corrected chi connectivity index (χ0v) is 8.67. The first-order valence-electron chi connectivity index (χ1n) is 3.98. The zero-order valence-electron chi connectivity index (χ0n) is 7.92. The summed E-state index contributed by atoms with van der Waals surface area (Å²) in [5.41, 5.74) is 15.2. The molecule has 8 heteroatoms. The summed E-state index contributed by atoms with van der Waals surface area (Å²) in [5, 5.41) is -0.612. The molecule has 0 fully saturated rings. The van der Waals surface area contributed by atoms with Crippen molar-refractivity contribution in [2.45, 2.75) is 0 Å². The van der Waals surface area contributed by atoms with Gasteiger partial charge in [-0.2, -0.15) is 4.99 Å². The molecular weight excluding hydrogens is 240 g/mol. The molecule has 0 heterocycles. The first kappa shape index (κ1) is 12.2. The lowest BCUT2D eigenvalue weighted by Crippen LogP contribution is -2.26. The first-order chi connectivity index (χ1) is 7.40. The normalized spacial score (nSPS) is 11.3.